The Bertz CT molecular complexity index is 1300. The van der Waals surface area contributed by atoms with Crippen molar-refractivity contribution in [2.24, 2.45) is 5.92 Å². The third-order valence-corrected chi connectivity index (χ3v) is 7.08. The Morgan fingerprint density at radius 2 is 1.76 bits per heavy atom. The summed E-state index contributed by atoms with van der Waals surface area (Å²) in [4.78, 5) is 6.78. The van der Waals surface area contributed by atoms with E-state index in [0.29, 0.717) is 36.1 Å². The molecule has 0 amide bonds. The highest BCUT2D eigenvalue weighted by Gasteiger charge is 2.25. The molecule has 3 N–H and O–H groups in total. The maximum Gasteiger partial charge on any atom is 0.280 e. The maximum atomic E-state index is 10.8. The summed E-state index contributed by atoms with van der Waals surface area (Å²) in [6.45, 7) is 4.25. The second kappa shape index (κ2) is 12.0. The van der Waals surface area contributed by atoms with Crippen molar-refractivity contribution in [3.8, 4) is 34.3 Å². The third kappa shape index (κ3) is 6.02. The predicted octanol–water partition coefficient (Wildman–Crippen LogP) is 4.46. The number of rotatable bonds is 10. The minimum Gasteiger partial charge on any atom is -0.387 e. The zero-order valence-electron chi connectivity index (χ0n) is 21.5. The average molecular weight is 519 g/mol. The van der Waals surface area contributed by atoms with Crippen LogP contribution in [0.25, 0.3) is 34.3 Å². The van der Waals surface area contributed by atoms with Crippen molar-refractivity contribution in [2.45, 2.75) is 51.4 Å². The summed E-state index contributed by atoms with van der Waals surface area (Å²) in [6.07, 6.45) is 2.10. The van der Waals surface area contributed by atoms with E-state index in [-0.39, 0.29) is 5.92 Å². The smallest absolute Gasteiger partial charge is 0.280 e. The van der Waals surface area contributed by atoms with Gasteiger partial charge in [-0.1, -0.05) is 78.3 Å². The molecule has 38 heavy (non-hydrogen) atoms. The molecule has 1 aliphatic rings. The topological polar surface area (TPSA) is 129 Å². The molecule has 5 rings (SSSR count). The van der Waals surface area contributed by atoms with Crippen LogP contribution in [-0.4, -0.2) is 61.4 Å². The molecule has 4 aromatic rings. The molecule has 9 nitrogen and oxygen atoms in total. The van der Waals surface area contributed by atoms with Crippen LogP contribution in [-0.2, 0) is 6.42 Å². The van der Waals surface area contributed by atoms with Gasteiger partial charge in [0.05, 0.1) is 6.10 Å². The van der Waals surface area contributed by atoms with Crippen LogP contribution >= 0.6 is 0 Å². The highest BCUT2D eigenvalue weighted by molar-refractivity contribution is 5.69. The fourth-order valence-electron chi connectivity index (χ4n) is 5.22. The van der Waals surface area contributed by atoms with Gasteiger partial charge >= 0.3 is 0 Å². The first kappa shape index (κ1) is 26.2. The number of benzene rings is 2. The largest absolute Gasteiger partial charge is 0.387 e. The molecule has 2 atom stereocenters. The van der Waals surface area contributed by atoms with Crippen molar-refractivity contribution in [2.75, 3.05) is 19.6 Å². The Hall–Kier alpha value is -3.37. The Morgan fingerprint density at radius 3 is 2.50 bits per heavy atom. The molecule has 0 radical (unpaired) electrons. The molecule has 3 heterocycles. The van der Waals surface area contributed by atoms with Crippen LogP contribution < -0.4 is 0 Å². The molecular weight excluding hydrogens is 484 g/mol. The highest BCUT2D eigenvalue weighted by atomic mass is 16.5. The number of likely N-dealkylation sites (tertiary alicyclic amines) is 1. The van der Waals surface area contributed by atoms with E-state index < -0.39 is 12.4 Å². The van der Waals surface area contributed by atoms with Gasteiger partial charge in [0.2, 0.25) is 5.82 Å². The number of aliphatic hydroxyl groups excluding tert-OH is 2. The Morgan fingerprint density at radius 1 is 0.974 bits per heavy atom. The first-order chi connectivity index (χ1) is 18.5. The van der Waals surface area contributed by atoms with Gasteiger partial charge in [-0.3, -0.25) is 0 Å². The van der Waals surface area contributed by atoms with Gasteiger partial charge in [-0.25, -0.2) is 0 Å². The molecule has 2 aromatic heterocycles. The summed E-state index contributed by atoms with van der Waals surface area (Å²) in [7, 11) is 0. The quantitative estimate of drug-likeness (QED) is 0.261. The van der Waals surface area contributed by atoms with Crippen molar-refractivity contribution in [1.29, 1.82) is 0 Å². The van der Waals surface area contributed by atoms with E-state index in [0.717, 1.165) is 61.0 Å². The van der Waals surface area contributed by atoms with Crippen LogP contribution in [0.5, 0.6) is 0 Å². The molecule has 2 unspecified atom stereocenters. The van der Waals surface area contributed by atoms with Gasteiger partial charge in [0, 0.05) is 36.2 Å². The second-order valence-electron chi connectivity index (χ2n) is 10.00. The minimum absolute atomic E-state index is 0.233. The van der Waals surface area contributed by atoms with E-state index in [1.165, 1.54) is 0 Å². The molecule has 200 valence electrons. The summed E-state index contributed by atoms with van der Waals surface area (Å²) >= 11 is 0. The van der Waals surface area contributed by atoms with Crippen molar-refractivity contribution >= 4 is 0 Å². The van der Waals surface area contributed by atoms with Crippen LogP contribution in [0.2, 0.25) is 0 Å². The Balaban J connectivity index is 1.28. The molecule has 1 fully saturated rings. The normalized spacial score (nSPS) is 17.2. The number of nitrogens with zero attached hydrogens (tertiary/aromatic N) is 4. The van der Waals surface area contributed by atoms with Crippen LogP contribution in [0.1, 0.15) is 49.8 Å². The van der Waals surface area contributed by atoms with Crippen molar-refractivity contribution in [3.63, 3.8) is 0 Å². The molecule has 1 saturated heterocycles. The standard InChI is InChI=1S/C29H34N4O5/c1-2-7-23-26(31-37-27(23)21-9-4-3-5-10-21)29-30-28(32-38-29)22-13-11-20(12-14-22)24(34)18-33-15-6-8-19(17-33)16-25(35)36/h3-5,9-14,19,24-25,34-36H,2,6-8,15-18H2,1H3. The molecular formula is C29H34N4O5. The van der Waals surface area contributed by atoms with Gasteiger partial charge in [-0.15, -0.1) is 0 Å². The number of aromatic nitrogens is 3. The summed E-state index contributed by atoms with van der Waals surface area (Å²) in [5.41, 5.74) is 4.03. The molecule has 2 aromatic carbocycles. The zero-order chi connectivity index (χ0) is 26.5. The SMILES string of the molecule is CCCc1c(-c2nc(-c3ccc(C(O)CN4CCCC(CC(O)O)C4)cc3)no2)noc1-c1ccccc1. The van der Waals surface area contributed by atoms with Crippen LogP contribution in [0.3, 0.4) is 0 Å². The monoisotopic (exact) mass is 518 g/mol. The lowest BCUT2D eigenvalue weighted by Gasteiger charge is -2.34. The number of piperidine rings is 1. The number of hydrogen-bond donors (Lipinski definition) is 3. The predicted molar refractivity (Wildman–Crippen MR) is 142 cm³/mol. The molecule has 0 saturated carbocycles. The number of hydrogen-bond acceptors (Lipinski definition) is 9. The third-order valence-electron chi connectivity index (χ3n) is 7.08. The van der Waals surface area contributed by atoms with Gasteiger partial charge in [0.25, 0.3) is 5.89 Å². The molecule has 1 aliphatic heterocycles. The maximum absolute atomic E-state index is 10.8. The zero-order valence-corrected chi connectivity index (χ0v) is 21.5. The van der Waals surface area contributed by atoms with E-state index in [2.05, 4.69) is 27.1 Å². The molecule has 0 aliphatic carbocycles. The molecule has 9 heteroatoms. The Kier molecular flexibility index (Phi) is 8.29. The molecule has 0 spiro atoms. The van der Waals surface area contributed by atoms with Gasteiger partial charge in [-0.05, 0) is 37.3 Å². The van der Waals surface area contributed by atoms with E-state index in [4.69, 9.17) is 9.05 Å². The lowest BCUT2D eigenvalue weighted by Crippen LogP contribution is -2.39. The van der Waals surface area contributed by atoms with Crippen LogP contribution in [0.4, 0.5) is 0 Å². The van der Waals surface area contributed by atoms with Crippen LogP contribution in [0.15, 0.2) is 63.6 Å². The second-order valence-corrected chi connectivity index (χ2v) is 10.00. The van der Waals surface area contributed by atoms with Crippen molar-refractivity contribution in [1.82, 2.24) is 20.2 Å². The lowest BCUT2D eigenvalue weighted by atomic mass is 9.94. The van der Waals surface area contributed by atoms with Gasteiger partial charge in [0.15, 0.2) is 17.7 Å². The summed E-state index contributed by atoms with van der Waals surface area (Å²) in [5, 5.41) is 37.8. The van der Waals surface area contributed by atoms with Crippen LogP contribution in [0, 0.1) is 5.92 Å². The first-order valence-electron chi connectivity index (χ1n) is 13.3. The highest BCUT2D eigenvalue weighted by Crippen LogP contribution is 2.33. The van der Waals surface area contributed by atoms with E-state index >= 15 is 0 Å². The molecule has 0 bridgehead atoms. The number of aliphatic hydroxyl groups is 3. The van der Waals surface area contributed by atoms with E-state index in [1.54, 1.807) is 0 Å². The van der Waals surface area contributed by atoms with Gasteiger partial charge in [-0.2, -0.15) is 4.98 Å². The minimum atomic E-state index is -1.28. The van der Waals surface area contributed by atoms with Crippen molar-refractivity contribution < 1.29 is 24.4 Å². The summed E-state index contributed by atoms with van der Waals surface area (Å²) in [5.74, 6) is 1.70. The van der Waals surface area contributed by atoms with E-state index in [9.17, 15) is 15.3 Å². The lowest BCUT2D eigenvalue weighted by molar-refractivity contribution is -0.0632. The fraction of sp³-hybridized carbons (Fsp3) is 0.414. The van der Waals surface area contributed by atoms with Gasteiger partial charge < -0.3 is 29.3 Å². The average Bonchev–Trinajstić information content (AvgIpc) is 3.57. The van der Waals surface area contributed by atoms with Gasteiger partial charge in [0.1, 0.15) is 0 Å². The fourth-order valence-corrected chi connectivity index (χ4v) is 5.22. The summed E-state index contributed by atoms with van der Waals surface area (Å²) in [6, 6.07) is 17.4. The number of β-amino-alcohol motifs (C(OH)–C–C–N with tert-alkyl or cyclic N) is 1. The van der Waals surface area contributed by atoms with E-state index in [1.807, 2.05) is 54.6 Å². The van der Waals surface area contributed by atoms with Crippen molar-refractivity contribution in [3.05, 3.63) is 65.7 Å². The Labute approximate surface area is 221 Å². The summed E-state index contributed by atoms with van der Waals surface area (Å²) < 4.78 is 11.3. The first-order valence-corrected chi connectivity index (χ1v) is 13.3.